The quantitative estimate of drug-likeness (QED) is 0.633. The predicted octanol–water partition coefficient (Wildman–Crippen LogP) is 2.33. The van der Waals surface area contributed by atoms with E-state index < -0.39 is 38.0 Å². The van der Waals surface area contributed by atoms with Gasteiger partial charge in [-0.25, -0.2) is 17.2 Å². The number of halogens is 2. The largest absolute Gasteiger partial charge is 0.396 e. The van der Waals surface area contributed by atoms with Gasteiger partial charge in [0.15, 0.2) is 4.90 Å². The highest BCUT2D eigenvalue weighted by Crippen LogP contribution is 2.32. The van der Waals surface area contributed by atoms with Crippen LogP contribution in [0, 0.1) is 23.5 Å². The van der Waals surface area contributed by atoms with Crippen LogP contribution in [0.4, 0.5) is 8.78 Å². The van der Waals surface area contributed by atoms with Gasteiger partial charge in [-0.15, -0.1) is 0 Å². The van der Waals surface area contributed by atoms with E-state index in [1.165, 1.54) is 13.8 Å². The maximum absolute atomic E-state index is 13.9. The monoisotopic (exact) mass is 418 g/mol. The summed E-state index contributed by atoms with van der Waals surface area (Å²) >= 11 is 0. The molecule has 0 radical (unpaired) electrons. The lowest BCUT2D eigenvalue weighted by Crippen LogP contribution is -2.59. The van der Waals surface area contributed by atoms with Gasteiger partial charge in [-0.3, -0.25) is 4.79 Å². The number of sulfonamides is 1. The van der Waals surface area contributed by atoms with Crippen LogP contribution in [0.5, 0.6) is 0 Å². The first-order valence-electron chi connectivity index (χ1n) is 9.43. The van der Waals surface area contributed by atoms with Crippen molar-refractivity contribution in [2.75, 3.05) is 6.61 Å². The molecule has 0 bridgehead atoms. The number of carbonyl (C=O) groups is 1. The zero-order valence-corrected chi connectivity index (χ0v) is 17.2. The first kappa shape index (κ1) is 22.7. The summed E-state index contributed by atoms with van der Waals surface area (Å²) in [5.41, 5.74) is -1.65. The first-order valence-corrected chi connectivity index (χ1v) is 10.9. The maximum atomic E-state index is 13.9. The van der Waals surface area contributed by atoms with Crippen LogP contribution in [0.3, 0.4) is 0 Å². The minimum atomic E-state index is -4.61. The SMILES string of the molecule is CCC1CCCC(CO)C1NC(=O)C(C)(C)NS(=O)(=O)c1c(F)cccc1F. The molecule has 3 N–H and O–H groups in total. The van der Waals surface area contributed by atoms with E-state index in [0.29, 0.717) is 0 Å². The molecule has 3 atom stereocenters. The van der Waals surface area contributed by atoms with Gasteiger partial charge in [0, 0.05) is 18.6 Å². The van der Waals surface area contributed by atoms with E-state index in [9.17, 15) is 27.1 Å². The highest BCUT2D eigenvalue weighted by Gasteiger charge is 2.39. The van der Waals surface area contributed by atoms with Crippen molar-refractivity contribution in [2.24, 2.45) is 11.8 Å². The van der Waals surface area contributed by atoms with Gasteiger partial charge in [0.25, 0.3) is 0 Å². The average Bonchev–Trinajstić information content (AvgIpc) is 2.60. The number of rotatable bonds is 7. The topological polar surface area (TPSA) is 95.5 Å². The van der Waals surface area contributed by atoms with Gasteiger partial charge in [-0.1, -0.05) is 25.8 Å². The van der Waals surface area contributed by atoms with Gasteiger partial charge < -0.3 is 10.4 Å². The number of aliphatic hydroxyl groups excluding tert-OH is 1. The van der Waals surface area contributed by atoms with Crippen molar-refractivity contribution in [3.05, 3.63) is 29.8 Å². The predicted molar refractivity (Wildman–Crippen MR) is 101 cm³/mol. The number of aliphatic hydroxyl groups is 1. The Bertz CT molecular complexity index is 782. The van der Waals surface area contributed by atoms with E-state index >= 15 is 0 Å². The number of carbonyl (C=O) groups excluding carboxylic acids is 1. The molecule has 1 amide bonds. The normalized spacial score (nSPS) is 23.4. The molecule has 0 saturated heterocycles. The van der Waals surface area contributed by atoms with Crippen molar-refractivity contribution < 1.29 is 27.1 Å². The summed E-state index contributed by atoms with van der Waals surface area (Å²) in [7, 11) is -4.61. The standard InChI is InChI=1S/C19H28F2N2O4S/c1-4-12-7-5-8-13(11-24)16(12)22-18(25)19(2,3)23-28(26,27)17-14(20)9-6-10-15(17)21/h6,9-10,12-13,16,23-24H,4-5,7-8,11H2,1-3H3,(H,22,25). The second kappa shape index (κ2) is 8.84. The molecular weight excluding hydrogens is 390 g/mol. The lowest BCUT2D eigenvalue weighted by molar-refractivity contribution is -0.127. The highest BCUT2D eigenvalue weighted by molar-refractivity contribution is 7.89. The summed E-state index contributed by atoms with van der Waals surface area (Å²) in [5, 5.41) is 12.5. The molecule has 3 unspecified atom stereocenters. The first-order chi connectivity index (χ1) is 13.0. The fourth-order valence-corrected chi connectivity index (χ4v) is 5.31. The molecular formula is C19H28F2N2O4S. The molecule has 9 heteroatoms. The third-order valence-electron chi connectivity index (χ3n) is 5.37. The summed E-state index contributed by atoms with van der Waals surface area (Å²) in [4.78, 5) is 11.7. The van der Waals surface area contributed by atoms with Crippen molar-refractivity contribution in [3.63, 3.8) is 0 Å². The molecule has 0 heterocycles. The molecule has 1 aliphatic carbocycles. The Kier molecular flexibility index (Phi) is 7.17. The molecule has 6 nitrogen and oxygen atoms in total. The Morgan fingerprint density at radius 1 is 1.21 bits per heavy atom. The summed E-state index contributed by atoms with van der Waals surface area (Å²) in [6, 6.07) is 2.45. The smallest absolute Gasteiger partial charge is 0.247 e. The minimum absolute atomic E-state index is 0.0754. The number of hydrogen-bond donors (Lipinski definition) is 3. The maximum Gasteiger partial charge on any atom is 0.247 e. The Labute approximate surface area is 164 Å². The van der Waals surface area contributed by atoms with E-state index in [1.807, 2.05) is 6.92 Å². The lowest BCUT2D eigenvalue weighted by atomic mass is 9.75. The van der Waals surface area contributed by atoms with Gasteiger partial charge in [-0.2, -0.15) is 4.72 Å². The van der Waals surface area contributed by atoms with Crippen molar-refractivity contribution in [1.82, 2.24) is 10.0 Å². The van der Waals surface area contributed by atoms with Crippen molar-refractivity contribution >= 4 is 15.9 Å². The Morgan fingerprint density at radius 3 is 2.32 bits per heavy atom. The van der Waals surface area contributed by atoms with E-state index in [0.717, 1.165) is 43.9 Å². The zero-order valence-electron chi connectivity index (χ0n) is 16.3. The second-order valence-corrected chi connectivity index (χ2v) is 9.44. The van der Waals surface area contributed by atoms with Gasteiger partial charge in [0.1, 0.15) is 17.2 Å². The summed E-state index contributed by atoms with van der Waals surface area (Å²) < 4.78 is 54.9. The van der Waals surface area contributed by atoms with Gasteiger partial charge in [0.05, 0.1) is 0 Å². The molecule has 1 saturated carbocycles. The lowest BCUT2D eigenvalue weighted by Gasteiger charge is -2.39. The third kappa shape index (κ3) is 4.87. The van der Waals surface area contributed by atoms with Gasteiger partial charge in [-0.05, 0) is 44.7 Å². The molecule has 28 heavy (non-hydrogen) atoms. The molecule has 0 aromatic heterocycles. The molecule has 158 valence electrons. The van der Waals surface area contributed by atoms with Crippen LogP contribution in [0.2, 0.25) is 0 Å². The molecule has 2 rings (SSSR count). The van der Waals surface area contributed by atoms with Crippen molar-refractivity contribution in [2.45, 2.75) is 62.9 Å². The second-order valence-electron chi connectivity index (χ2n) is 7.82. The average molecular weight is 419 g/mol. The van der Waals surface area contributed by atoms with E-state index in [1.54, 1.807) is 0 Å². The van der Waals surface area contributed by atoms with Crippen LogP contribution < -0.4 is 10.0 Å². The number of amides is 1. The number of benzene rings is 1. The Hall–Kier alpha value is -1.58. The number of nitrogens with one attached hydrogen (secondary N) is 2. The van der Waals surface area contributed by atoms with Crippen LogP contribution in [-0.2, 0) is 14.8 Å². The number of hydrogen-bond acceptors (Lipinski definition) is 4. The summed E-state index contributed by atoms with van der Waals surface area (Å²) in [6.07, 6.45) is 3.45. The van der Waals surface area contributed by atoms with Crippen molar-refractivity contribution in [1.29, 1.82) is 0 Å². The molecule has 1 aliphatic rings. The fourth-order valence-electron chi connectivity index (χ4n) is 3.79. The van der Waals surface area contributed by atoms with Crippen molar-refractivity contribution in [3.8, 4) is 0 Å². The van der Waals surface area contributed by atoms with E-state index in [4.69, 9.17) is 0 Å². The van der Waals surface area contributed by atoms with E-state index in [-0.39, 0.29) is 24.5 Å². The van der Waals surface area contributed by atoms with Gasteiger partial charge >= 0.3 is 0 Å². The molecule has 1 aromatic carbocycles. The summed E-state index contributed by atoms with van der Waals surface area (Å²) in [5.74, 6) is -3.02. The molecule has 0 aliphatic heterocycles. The molecule has 1 fully saturated rings. The fraction of sp³-hybridized carbons (Fsp3) is 0.632. The van der Waals surface area contributed by atoms with Crippen LogP contribution in [0.15, 0.2) is 23.1 Å². The van der Waals surface area contributed by atoms with E-state index in [2.05, 4.69) is 10.0 Å². The molecule has 1 aromatic rings. The Morgan fingerprint density at radius 2 is 1.79 bits per heavy atom. The van der Waals surface area contributed by atoms with Gasteiger partial charge in [0.2, 0.25) is 15.9 Å². The third-order valence-corrected chi connectivity index (χ3v) is 7.07. The van der Waals surface area contributed by atoms with Crippen LogP contribution in [0.1, 0.15) is 46.5 Å². The summed E-state index contributed by atoms with van der Waals surface area (Å²) in [6.45, 7) is 4.58. The molecule has 0 spiro atoms. The van der Waals surface area contributed by atoms with Crippen LogP contribution in [0.25, 0.3) is 0 Å². The highest BCUT2D eigenvalue weighted by atomic mass is 32.2. The van der Waals surface area contributed by atoms with Crippen LogP contribution in [-0.4, -0.2) is 37.6 Å². The Balaban J connectivity index is 2.22. The minimum Gasteiger partial charge on any atom is -0.396 e. The zero-order chi connectivity index (χ0) is 21.1. The van der Waals surface area contributed by atoms with Crippen LogP contribution >= 0.6 is 0 Å².